The van der Waals surface area contributed by atoms with Crippen LogP contribution in [0.5, 0.6) is 5.75 Å². The van der Waals surface area contributed by atoms with Gasteiger partial charge in [0.15, 0.2) is 0 Å². The van der Waals surface area contributed by atoms with Gasteiger partial charge in [-0.3, -0.25) is 4.79 Å². The molecule has 4 N–H and O–H groups in total. The van der Waals surface area contributed by atoms with Crippen molar-refractivity contribution in [3.05, 3.63) is 23.8 Å². The van der Waals surface area contributed by atoms with Crippen LogP contribution in [0.15, 0.2) is 18.2 Å². The highest BCUT2D eigenvalue weighted by Crippen LogP contribution is 2.23. The van der Waals surface area contributed by atoms with Gasteiger partial charge in [0, 0.05) is 0 Å². The van der Waals surface area contributed by atoms with Crippen LogP contribution in [0.25, 0.3) is 0 Å². The zero-order chi connectivity index (χ0) is 11.4. The average molecular weight is 208 g/mol. The van der Waals surface area contributed by atoms with E-state index < -0.39 is 6.04 Å². The Kier molecular flexibility index (Phi) is 3.68. The Morgan fingerprint density at radius 1 is 1.60 bits per heavy atom. The molecule has 1 amide bonds. The summed E-state index contributed by atoms with van der Waals surface area (Å²) in [6, 6.07) is 4.52. The van der Waals surface area contributed by atoms with E-state index in [0.717, 1.165) is 5.56 Å². The van der Waals surface area contributed by atoms with Gasteiger partial charge >= 0.3 is 0 Å². The number of hydrogen-bond donors (Lipinski definition) is 3. The molecule has 15 heavy (non-hydrogen) atoms. The van der Waals surface area contributed by atoms with E-state index in [1.54, 1.807) is 12.1 Å². The number of phenolic OH excluding ortho intramolecular Hbond substituents is 1. The monoisotopic (exact) mass is 208 g/mol. The van der Waals surface area contributed by atoms with E-state index in [2.05, 4.69) is 5.32 Å². The summed E-state index contributed by atoms with van der Waals surface area (Å²) in [6.07, 6.45) is 0.568. The molecule has 0 spiro atoms. The van der Waals surface area contributed by atoms with Crippen LogP contribution in [-0.2, 0) is 4.79 Å². The molecule has 1 atom stereocenters. The molecule has 0 bridgehead atoms. The van der Waals surface area contributed by atoms with Crippen molar-refractivity contribution in [2.75, 3.05) is 5.32 Å². The Labute approximate surface area is 89.1 Å². The first-order valence-corrected chi connectivity index (χ1v) is 4.90. The van der Waals surface area contributed by atoms with Gasteiger partial charge in [-0.1, -0.05) is 13.0 Å². The van der Waals surface area contributed by atoms with Crippen LogP contribution in [-0.4, -0.2) is 17.1 Å². The molecule has 4 nitrogen and oxygen atoms in total. The highest BCUT2D eigenvalue weighted by atomic mass is 16.3. The van der Waals surface area contributed by atoms with Gasteiger partial charge < -0.3 is 16.2 Å². The fourth-order valence-corrected chi connectivity index (χ4v) is 1.16. The van der Waals surface area contributed by atoms with E-state index in [-0.39, 0.29) is 11.7 Å². The average Bonchev–Trinajstić information content (AvgIpc) is 2.20. The first-order chi connectivity index (χ1) is 7.04. The number of benzene rings is 1. The van der Waals surface area contributed by atoms with Crippen LogP contribution in [0, 0.1) is 6.92 Å². The standard InChI is InChI=1S/C11H16N2O2/c1-3-8(12)11(15)13-9-5-4-7(2)6-10(9)14/h4-6,8,14H,3,12H2,1-2H3,(H,13,15)/t8-/m1/s1. The number of carbonyl (C=O) groups is 1. The molecule has 0 aromatic heterocycles. The van der Waals surface area contributed by atoms with Crippen LogP contribution in [0.4, 0.5) is 5.69 Å². The predicted molar refractivity (Wildman–Crippen MR) is 59.7 cm³/mol. The molecule has 0 saturated heterocycles. The van der Waals surface area contributed by atoms with E-state index in [1.807, 2.05) is 19.9 Å². The molecule has 0 aliphatic rings. The van der Waals surface area contributed by atoms with Gasteiger partial charge in [0.1, 0.15) is 5.75 Å². The smallest absolute Gasteiger partial charge is 0.241 e. The van der Waals surface area contributed by atoms with Crippen molar-refractivity contribution in [3.63, 3.8) is 0 Å². The van der Waals surface area contributed by atoms with Crippen molar-refractivity contribution < 1.29 is 9.90 Å². The predicted octanol–water partition coefficient (Wildman–Crippen LogP) is 1.38. The molecule has 0 aliphatic carbocycles. The Bertz CT molecular complexity index is 364. The highest BCUT2D eigenvalue weighted by Gasteiger charge is 2.12. The lowest BCUT2D eigenvalue weighted by molar-refractivity contribution is -0.117. The minimum atomic E-state index is -0.536. The van der Waals surface area contributed by atoms with Gasteiger partial charge in [0.05, 0.1) is 11.7 Å². The molecule has 82 valence electrons. The number of phenols is 1. The van der Waals surface area contributed by atoms with Gasteiger partial charge in [0.2, 0.25) is 5.91 Å². The van der Waals surface area contributed by atoms with Gasteiger partial charge in [-0.05, 0) is 31.0 Å². The largest absolute Gasteiger partial charge is 0.506 e. The fraction of sp³-hybridized carbons (Fsp3) is 0.364. The van der Waals surface area contributed by atoms with Gasteiger partial charge in [0.25, 0.3) is 0 Å². The second-order valence-electron chi connectivity index (χ2n) is 3.52. The lowest BCUT2D eigenvalue weighted by atomic mass is 10.2. The summed E-state index contributed by atoms with van der Waals surface area (Å²) in [5.74, 6) is -0.219. The summed E-state index contributed by atoms with van der Waals surface area (Å²) in [5, 5.41) is 12.1. The second kappa shape index (κ2) is 4.79. The summed E-state index contributed by atoms with van der Waals surface area (Å²) < 4.78 is 0. The van der Waals surface area contributed by atoms with Gasteiger partial charge in [-0.2, -0.15) is 0 Å². The molecule has 1 aromatic rings. The van der Waals surface area contributed by atoms with Crippen LogP contribution >= 0.6 is 0 Å². The minimum absolute atomic E-state index is 0.0617. The van der Waals surface area contributed by atoms with E-state index in [0.29, 0.717) is 12.1 Å². The van der Waals surface area contributed by atoms with Crippen molar-refractivity contribution in [1.82, 2.24) is 0 Å². The molecular weight excluding hydrogens is 192 g/mol. The third-order valence-electron chi connectivity index (χ3n) is 2.19. The molecule has 0 heterocycles. The van der Waals surface area contributed by atoms with Crippen molar-refractivity contribution >= 4 is 11.6 Å². The Morgan fingerprint density at radius 3 is 2.80 bits per heavy atom. The number of aryl methyl sites for hydroxylation is 1. The molecule has 1 aromatic carbocycles. The first-order valence-electron chi connectivity index (χ1n) is 4.90. The molecule has 0 saturated carbocycles. The van der Waals surface area contributed by atoms with Gasteiger partial charge in [-0.15, -0.1) is 0 Å². The number of nitrogens with two attached hydrogens (primary N) is 1. The number of aromatic hydroxyl groups is 1. The SMILES string of the molecule is CC[C@@H](N)C(=O)Nc1ccc(C)cc1O. The van der Waals surface area contributed by atoms with Crippen molar-refractivity contribution in [2.24, 2.45) is 5.73 Å². The summed E-state index contributed by atoms with van der Waals surface area (Å²) in [5.41, 5.74) is 6.88. The molecular formula is C11H16N2O2. The molecule has 0 radical (unpaired) electrons. The number of anilines is 1. The molecule has 1 rings (SSSR count). The summed E-state index contributed by atoms with van der Waals surface area (Å²) >= 11 is 0. The molecule has 0 unspecified atom stereocenters. The van der Waals surface area contributed by atoms with E-state index in [1.165, 1.54) is 0 Å². The Hall–Kier alpha value is -1.55. The van der Waals surface area contributed by atoms with E-state index >= 15 is 0 Å². The maximum absolute atomic E-state index is 11.4. The first kappa shape index (κ1) is 11.5. The quantitative estimate of drug-likeness (QED) is 0.657. The third-order valence-corrected chi connectivity index (χ3v) is 2.19. The van der Waals surface area contributed by atoms with Crippen LogP contribution in [0.1, 0.15) is 18.9 Å². The fourth-order valence-electron chi connectivity index (χ4n) is 1.16. The van der Waals surface area contributed by atoms with Gasteiger partial charge in [-0.25, -0.2) is 0 Å². The van der Waals surface area contributed by atoms with Crippen LogP contribution in [0.3, 0.4) is 0 Å². The number of hydrogen-bond acceptors (Lipinski definition) is 3. The number of nitrogens with one attached hydrogen (secondary N) is 1. The normalized spacial score (nSPS) is 12.2. The zero-order valence-corrected chi connectivity index (χ0v) is 8.95. The van der Waals surface area contributed by atoms with Crippen molar-refractivity contribution in [2.45, 2.75) is 26.3 Å². The number of amides is 1. The van der Waals surface area contributed by atoms with Crippen molar-refractivity contribution in [3.8, 4) is 5.75 Å². The number of rotatable bonds is 3. The third kappa shape index (κ3) is 2.95. The summed E-state index contributed by atoms with van der Waals surface area (Å²) in [6.45, 7) is 3.70. The topological polar surface area (TPSA) is 75.4 Å². The van der Waals surface area contributed by atoms with Crippen LogP contribution in [0.2, 0.25) is 0 Å². The lowest BCUT2D eigenvalue weighted by Gasteiger charge is -2.11. The van der Waals surface area contributed by atoms with E-state index in [9.17, 15) is 9.90 Å². The molecule has 0 fully saturated rings. The Morgan fingerprint density at radius 2 is 2.27 bits per heavy atom. The Balaban J connectivity index is 2.77. The van der Waals surface area contributed by atoms with Crippen LogP contribution < -0.4 is 11.1 Å². The minimum Gasteiger partial charge on any atom is -0.506 e. The zero-order valence-electron chi connectivity index (χ0n) is 8.95. The lowest BCUT2D eigenvalue weighted by Crippen LogP contribution is -2.34. The molecule has 4 heteroatoms. The van der Waals surface area contributed by atoms with E-state index in [4.69, 9.17) is 5.73 Å². The summed E-state index contributed by atoms with van der Waals surface area (Å²) in [7, 11) is 0. The maximum atomic E-state index is 11.4. The second-order valence-corrected chi connectivity index (χ2v) is 3.52. The maximum Gasteiger partial charge on any atom is 0.241 e. The van der Waals surface area contributed by atoms with Crippen molar-refractivity contribution in [1.29, 1.82) is 0 Å². The molecule has 0 aliphatic heterocycles. The summed E-state index contributed by atoms with van der Waals surface area (Å²) in [4.78, 5) is 11.4. The highest BCUT2D eigenvalue weighted by molar-refractivity contribution is 5.95. The number of carbonyl (C=O) groups excluding carboxylic acids is 1.